The van der Waals surface area contributed by atoms with E-state index < -0.39 is 5.97 Å². The van der Waals surface area contributed by atoms with Crippen LogP contribution in [0.4, 0.5) is 5.82 Å². The quantitative estimate of drug-likeness (QED) is 0.797. The van der Waals surface area contributed by atoms with Crippen LogP contribution in [-0.4, -0.2) is 44.2 Å². The molecule has 0 saturated carbocycles. The fourth-order valence-corrected chi connectivity index (χ4v) is 1.97. The Morgan fingerprint density at radius 1 is 1.53 bits per heavy atom. The van der Waals surface area contributed by atoms with Crippen LogP contribution in [0.5, 0.6) is 0 Å². The summed E-state index contributed by atoms with van der Waals surface area (Å²) in [6.45, 7) is 3.64. The lowest BCUT2D eigenvalue weighted by Crippen LogP contribution is -2.43. The zero-order chi connectivity index (χ0) is 12.3. The third kappa shape index (κ3) is 2.68. The minimum atomic E-state index is -0.464. The molecule has 2 heterocycles. The fraction of sp³-hybridized carbons (Fsp3) is 0.455. The topological polar surface area (TPSA) is 54.5 Å². The van der Waals surface area contributed by atoms with E-state index >= 15 is 0 Å². The number of hydrogen-bond donors (Lipinski definition) is 1. The molecule has 1 aliphatic heterocycles. The zero-order valence-electron chi connectivity index (χ0n) is 9.57. The van der Waals surface area contributed by atoms with Gasteiger partial charge in [0.1, 0.15) is 5.82 Å². The molecule has 1 saturated heterocycles. The molecule has 0 spiro atoms. The minimum absolute atomic E-state index is 0.299. The maximum atomic E-state index is 11.4. The molecule has 92 valence electrons. The Balaban J connectivity index is 2.20. The highest BCUT2D eigenvalue weighted by atomic mass is 35.5. The van der Waals surface area contributed by atoms with Crippen LogP contribution in [0.3, 0.4) is 0 Å². The normalized spacial score (nSPS) is 15.8. The first-order valence-electron chi connectivity index (χ1n) is 5.42. The Labute approximate surface area is 105 Å². The number of aromatic nitrogens is 1. The first-order chi connectivity index (χ1) is 8.22. The third-order valence-corrected chi connectivity index (χ3v) is 3.00. The molecule has 1 aromatic heterocycles. The van der Waals surface area contributed by atoms with Crippen LogP contribution in [0, 0.1) is 0 Å². The van der Waals surface area contributed by atoms with Crippen molar-refractivity contribution in [2.75, 3.05) is 38.2 Å². The molecule has 1 aromatic rings. The summed E-state index contributed by atoms with van der Waals surface area (Å²) in [5, 5.41) is 3.64. The second-order valence-corrected chi connectivity index (χ2v) is 4.16. The first-order valence-corrected chi connectivity index (χ1v) is 5.79. The number of piperazine rings is 1. The number of pyridine rings is 1. The molecular formula is C11H14ClN3O2. The van der Waals surface area contributed by atoms with Crippen molar-refractivity contribution in [2.24, 2.45) is 0 Å². The second-order valence-electron chi connectivity index (χ2n) is 3.75. The molecule has 0 bridgehead atoms. The molecule has 0 amide bonds. The van der Waals surface area contributed by atoms with Crippen LogP contribution < -0.4 is 10.2 Å². The highest BCUT2D eigenvalue weighted by Gasteiger charge is 2.16. The number of nitrogens with one attached hydrogen (secondary N) is 1. The summed E-state index contributed by atoms with van der Waals surface area (Å²) >= 11 is 6.04. The van der Waals surface area contributed by atoms with Gasteiger partial charge >= 0.3 is 5.97 Å². The smallest absolute Gasteiger partial charge is 0.340 e. The van der Waals surface area contributed by atoms with E-state index in [1.165, 1.54) is 13.3 Å². The zero-order valence-corrected chi connectivity index (χ0v) is 10.3. The number of halogens is 1. The summed E-state index contributed by atoms with van der Waals surface area (Å²) in [5.74, 6) is 0.332. The predicted octanol–water partition coefficient (Wildman–Crippen LogP) is 0.931. The molecule has 0 unspecified atom stereocenters. The van der Waals surface area contributed by atoms with Crippen molar-refractivity contribution in [3.63, 3.8) is 0 Å². The minimum Gasteiger partial charge on any atom is -0.465 e. The van der Waals surface area contributed by atoms with E-state index in [9.17, 15) is 4.79 Å². The summed E-state index contributed by atoms with van der Waals surface area (Å²) in [6, 6.07) is 1.71. The van der Waals surface area contributed by atoms with Crippen molar-refractivity contribution in [1.82, 2.24) is 10.3 Å². The Kier molecular flexibility index (Phi) is 3.81. The van der Waals surface area contributed by atoms with E-state index in [1.54, 1.807) is 6.07 Å². The summed E-state index contributed by atoms with van der Waals surface area (Å²) in [4.78, 5) is 17.7. The number of methoxy groups -OCH3 is 1. The maximum absolute atomic E-state index is 11.4. The average Bonchev–Trinajstić information content (AvgIpc) is 2.39. The number of ether oxygens (including phenoxy) is 1. The van der Waals surface area contributed by atoms with Gasteiger partial charge in [-0.15, -0.1) is 0 Å². The number of esters is 1. The van der Waals surface area contributed by atoms with Crippen molar-refractivity contribution in [3.8, 4) is 0 Å². The number of carbonyl (C=O) groups excluding carboxylic acids is 1. The molecular weight excluding hydrogens is 242 g/mol. The number of hydrogen-bond acceptors (Lipinski definition) is 5. The van der Waals surface area contributed by atoms with Crippen molar-refractivity contribution in [2.45, 2.75) is 0 Å². The third-order valence-electron chi connectivity index (χ3n) is 2.69. The van der Waals surface area contributed by atoms with Crippen LogP contribution in [0.2, 0.25) is 5.02 Å². The molecule has 17 heavy (non-hydrogen) atoms. The van der Waals surface area contributed by atoms with E-state index in [0.717, 1.165) is 32.0 Å². The predicted molar refractivity (Wildman–Crippen MR) is 65.7 cm³/mol. The maximum Gasteiger partial charge on any atom is 0.340 e. The van der Waals surface area contributed by atoms with Gasteiger partial charge in [-0.25, -0.2) is 9.78 Å². The molecule has 5 nitrogen and oxygen atoms in total. The van der Waals surface area contributed by atoms with Gasteiger partial charge in [0.05, 0.1) is 17.7 Å². The second kappa shape index (κ2) is 5.33. The van der Waals surface area contributed by atoms with E-state index in [4.69, 9.17) is 11.6 Å². The van der Waals surface area contributed by atoms with Gasteiger partial charge in [0, 0.05) is 38.4 Å². The molecule has 0 radical (unpaired) electrons. The Morgan fingerprint density at radius 3 is 2.82 bits per heavy atom. The van der Waals surface area contributed by atoms with Crippen molar-refractivity contribution in [3.05, 3.63) is 22.8 Å². The van der Waals surface area contributed by atoms with Gasteiger partial charge in [-0.2, -0.15) is 0 Å². The van der Waals surface area contributed by atoms with Crippen molar-refractivity contribution >= 4 is 23.4 Å². The molecule has 0 aromatic carbocycles. The summed E-state index contributed by atoms with van der Waals surface area (Å²) in [7, 11) is 1.32. The highest BCUT2D eigenvalue weighted by molar-refractivity contribution is 6.33. The summed E-state index contributed by atoms with van der Waals surface area (Å²) in [5.41, 5.74) is 0.299. The fourth-order valence-electron chi connectivity index (χ4n) is 1.75. The van der Waals surface area contributed by atoms with Gasteiger partial charge < -0.3 is 15.0 Å². The van der Waals surface area contributed by atoms with Crippen molar-refractivity contribution in [1.29, 1.82) is 0 Å². The molecule has 2 rings (SSSR count). The van der Waals surface area contributed by atoms with Crippen LogP contribution in [0.25, 0.3) is 0 Å². The largest absolute Gasteiger partial charge is 0.465 e. The lowest BCUT2D eigenvalue weighted by molar-refractivity contribution is 0.0600. The average molecular weight is 256 g/mol. The van der Waals surface area contributed by atoms with Gasteiger partial charge in [0.2, 0.25) is 0 Å². The van der Waals surface area contributed by atoms with Crippen LogP contribution in [0.15, 0.2) is 12.3 Å². The molecule has 1 fully saturated rings. The number of anilines is 1. The highest BCUT2D eigenvalue weighted by Crippen LogP contribution is 2.21. The molecule has 1 aliphatic rings. The van der Waals surface area contributed by atoms with Crippen LogP contribution in [0.1, 0.15) is 10.4 Å². The lowest BCUT2D eigenvalue weighted by Gasteiger charge is -2.28. The SMILES string of the molecule is COC(=O)c1cnc(N2CCNCC2)cc1Cl. The summed E-state index contributed by atoms with van der Waals surface area (Å²) < 4.78 is 4.62. The van der Waals surface area contributed by atoms with Gasteiger partial charge in [0.15, 0.2) is 0 Å². The Morgan fingerprint density at radius 2 is 2.24 bits per heavy atom. The molecule has 1 N–H and O–H groups in total. The van der Waals surface area contributed by atoms with E-state index in [2.05, 4.69) is 19.9 Å². The van der Waals surface area contributed by atoms with Crippen LogP contribution in [-0.2, 0) is 4.74 Å². The van der Waals surface area contributed by atoms with E-state index in [1.807, 2.05) is 0 Å². The number of carbonyl (C=O) groups is 1. The van der Waals surface area contributed by atoms with Gasteiger partial charge in [-0.1, -0.05) is 11.6 Å². The summed E-state index contributed by atoms with van der Waals surface area (Å²) in [6.07, 6.45) is 1.46. The van der Waals surface area contributed by atoms with Crippen LogP contribution >= 0.6 is 11.6 Å². The Hall–Kier alpha value is -1.33. The molecule has 0 atom stereocenters. The monoisotopic (exact) mass is 255 g/mol. The first kappa shape index (κ1) is 12.1. The van der Waals surface area contributed by atoms with Crippen molar-refractivity contribution < 1.29 is 9.53 Å². The lowest BCUT2D eigenvalue weighted by atomic mass is 10.2. The Bertz CT molecular complexity index is 419. The van der Waals surface area contributed by atoms with E-state index in [0.29, 0.717) is 10.6 Å². The van der Waals surface area contributed by atoms with E-state index in [-0.39, 0.29) is 0 Å². The van der Waals surface area contributed by atoms with Gasteiger partial charge in [-0.05, 0) is 0 Å². The molecule has 6 heteroatoms. The number of nitrogens with zero attached hydrogens (tertiary/aromatic N) is 2. The number of rotatable bonds is 2. The van der Waals surface area contributed by atoms with Gasteiger partial charge in [0.25, 0.3) is 0 Å². The standard InChI is InChI=1S/C11H14ClN3O2/c1-17-11(16)8-7-14-10(6-9(8)12)15-4-2-13-3-5-15/h6-7,13H,2-5H2,1H3. The molecule has 0 aliphatic carbocycles. The van der Waals surface area contributed by atoms with Gasteiger partial charge in [-0.3, -0.25) is 0 Å².